The van der Waals surface area contributed by atoms with E-state index in [2.05, 4.69) is 36.4 Å². The summed E-state index contributed by atoms with van der Waals surface area (Å²) in [6, 6.07) is 18.7. The molecule has 2 aromatic rings. The summed E-state index contributed by atoms with van der Waals surface area (Å²) in [7, 11) is 0. The van der Waals surface area contributed by atoms with Gasteiger partial charge in [-0.25, -0.2) is 0 Å². The lowest BCUT2D eigenvalue weighted by Crippen LogP contribution is -1.94. The van der Waals surface area contributed by atoms with Crippen LogP contribution in [0.5, 0.6) is 5.75 Å². The van der Waals surface area contributed by atoms with Crippen LogP contribution >= 0.6 is 0 Å². The molecule has 0 unspecified atom stereocenters. The fourth-order valence-electron chi connectivity index (χ4n) is 2.64. The second kappa shape index (κ2) is 6.42. The molecule has 0 spiro atoms. The van der Waals surface area contributed by atoms with Gasteiger partial charge in [-0.05, 0) is 48.9 Å². The molecule has 102 valence electrons. The lowest BCUT2D eigenvalue weighted by atomic mass is 10.1. The van der Waals surface area contributed by atoms with Crippen molar-refractivity contribution in [1.29, 1.82) is 0 Å². The molecule has 0 atom stereocenters. The first kappa shape index (κ1) is 13.0. The molecular formula is C19H20O. The minimum Gasteiger partial charge on any atom is -0.489 e. The highest BCUT2D eigenvalue weighted by Gasteiger charge is 2.06. The van der Waals surface area contributed by atoms with Crippen LogP contribution < -0.4 is 4.74 Å². The van der Waals surface area contributed by atoms with Crippen molar-refractivity contribution in [2.45, 2.75) is 32.3 Å². The number of allylic oxidation sites excluding steroid dienone is 1. The van der Waals surface area contributed by atoms with Crippen LogP contribution in [0.2, 0.25) is 0 Å². The molecule has 0 saturated heterocycles. The van der Waals surface area contributed by atoms with E-state index in [0.29, 0.717) is 6.61 Å². The molecule has 0 amide bonds. The number of rotatable bonds is 4. The van der Waals surface area contributed by atoms with Gasteiger partial charge in [-0.1, -0.05) is 54.1 Å². The average molecular weight is 264 g/mol. The predicted octanol–water partition coefficient (Wildman–Crippen LogP) is 5.22. The summed E-state index contributed by atoms with van der Waals surface area (Å²) < 4.78 is 5.87. The lowest BCUT2D eigenvalue weighted by Gasteiger charge is -2.07. The molecule has 0 N–H and O–H groups in total. The summed E-state index contributed by atoms with van der Waals surface area (Å²) in [5.74, 6) is 0.946. The first-order chi connectivity index (χ1) is 9.90. The van der Waals surface area contributed by atoms with E-state index in [1.807, 2.05) is 24.3 Å². The average Bonchev–Trinajstić information content (AvgIpc) is 3.00. The third-order valence-corrected chi connectivity index (χ3v) is 3.72. The second-order valence-electron chi connectivity index (χ2n) is 5.36. The zero-order valence-electron chi connectivity index (χ0n) is 11.7. The molecule has 0 heterocycles. The van der Waals surface area contributed by atoms with Crippen molar-refractivity contribution >= 4 is 6.08 Å². The molecule has 1 fully saturated rings. The highest BCUT2D eigenvalue weighted by Crippen LogP contribution is 2.27. The molecule has 3 rings (SSSR count). The van der Waals surface area contributed by atoms with Crippen LogP contribution in [0.15, 0.2) is 60.2 Å². The number of ether oxygens (including phenoxy) is 1. The summed E-state index contributed by atoms with van der Waals surface area (Å²) in [6.07, 6.45) is 7.53. The van der Waals surface area contributed by atoms with Gasteiger partial charge in [0.15, 0.2) is 0 Å². The Morgan fingerprint density at radius 1 is 0.900 bits per heavy atom. The summed E-state index contributed by atoms with van der Waals surface area (Å²) in [5.41, 5.74) is 4.03. The van der Waals surface area contributed by atoms with E-state index in [-0.39, 0.29) is 0 Å². The topological polar surface area (TPSA) is 9.23 Å². The molecular weight excluding hydrogens is 244 g/mol. The maximum atomic E-state index is 5.87. The van der Waals surface area contributed by atoms with Gasteiger partial charge >= 0.3 is 0 Å². The summed E-state index contributed by atoms with van der Waals surface area (Å²) >= 11 is 0. The SMILES string of the molecule is C(=C1CCCC1)c1cccc(OCc2ccccc2)c1. The molecule has 1 saturated carbocycles. The normalized spacial score (nSPS) is 14.3. The van der Waals surface area contributed by atoms with Gasteiger partial charge in [0.1, 0.15) is 12.4 Å². The van der Waals surface area contributed by atoms with Crippen molar-refractivity contribution < 1.29 is 4.74 Å². The Hall–Kier alpha value is -2.02. The van der Waals surface area contributed by atoms with Gasteiger partial charge in [0.05, 0.1) is 0 Å². The summed E-state index contributed by atoms with van der Waals surface area (Å²) in [4.78, 5) is 0. The van der Waals surface area contributed by atoms with Crippen LogP contribution in [-0.2, 0) is 6.61 Å². The first-order valence-electron chi connectivity index (χ1n) is 7.36. The number of benzene rings is 2. The molecule has 1 nitrogen and oxygen atoms in total. The monoisotopic (exact) mass is 264 g/mol. The Bertz CT molecular complexity index is 576. The quantitative estimate of drug-likeness (QED) is 0.735. The zero-order chi connectivity index (χ0) is 13.6. The lowest BCUT2D eigenvalue weighted by molar-refractivity contribution is 0.306. The maximum Gasteiger partial charge on any atom is 0.120 e. The smallest absolute Gasteiger partial charge is 0.120 e. The van der Waals surface area contributed by atoms with Gasteiger partial charge in [-0.3, -0.25) is 0 Å². The Balaban J connectivity index is 1.66. The molecule has 1 aliphatic carbocycles. The van der Waals surface area contributed by atoms with Crippen LogP contribution in [0.25, 0.3) is 6.08 Å². The van der Waals surface area contributed by atoms with Crippen LogP contribution in [-0.4, -0.2) is 0 Å². The van der Waals surface area contributed by atoms with E-state index in [4.69, 9.17) is 4.74 Å². The summed E-state index contributed by atoms with van der Waals surface area (Å²) in [6.45, 7) is 0.626. The van der Waals surface area contributed by atoms with Gasteiger partial charge in [-0.2, -0.15) is 0 Å². The molecule has 0 aromatic heterocycles. The zero-order valence-corrected chi connectivity index (χ0v) is 11.7. The predicted molar refractivity (Wildman–Crippen MR) is 83.7 cm³/mol. The summed E-state index contributed by atoms with van der Waals surface area (Å²) in [5, 5.41) is 0. The fraction of sp³-hybridized carbons (Fsp3) is 0.263. The number of hydrogen-bond donors (Lipinski definition) is 0. The van der Waals surface area contributed by atoms with Gasteiger partial charge in [0.25, 0.3) is 0 Å². The van der Waals surface area contributed by atoms with E-state index in [9.17, 15) is 0 Å². The minimum absolute atomic E-state index is 0.626. The van der Waals surface area contributed by atoms with Crippen molar-refractivity contribution in [2.75, 3.05) is 0 Å². The highest BCUT2D eigenvalue weighted by atomic mass is 16.5. The van der Waals surface area contributed by atoms with E-state index >= 15 is 0 Å². The van der Waals surface area contributed by atoms with Crippen molar-refractivity contribution in [3.8, 4) is 5.75 Å². The molecule has 1 aliphatic rings. The van der Waals surface area contributed by atoms with Crippen molar-refractivity contribution in [1.82, 2.24) is 0 Å². The van der Waals surface area contributed by atoms with Gasteiger partial charge in [0.2, 0.25) is 0 Å². The number of hydrogen-bond acceptors (Lipinski definition) is 1. The fourth-order valence-corrected chi connectivity index (χ4v) is 2.64. The van der Waals surface area contributed by atoms with Crippen molar-refractivity contribution in [3.05, 3.63) is 71.3 Å². The van der Waals surface area contributed by atoms with Gasteiger partial charge in [0, 0.05) is 0 Å². The van der Waals surface area contributed by atoms with Gasteiger partial charge in [-0.15, -0.1) is 0 Å². The second-order valence-corrected chi connectivity index (χ2v) is 5.36. The first-order valence-corrected chi connectivity index (χ1v) is 7.36. The standard InChI is InChI=1S/C19H20O/c1-2-9-17(10-3-1)15-20-19-12-6-11-18(14-19)13-16-7-4-5-8-16/h1-3,6,9-14H,4-5,7-8,15H2. The molecule has 0 radical (unpaired) electrons. The van der Waals surface area contributed by atoms with Crippen LogP contribution in [0.1, 0.15) is 36.8 Å². The third kappa shape index (κ3) is 3.51. The van der Waals surface area contributed by atoms with E-state index in [0.717, 1.165) is 5.75 Å². The van der Waals surface area contributed by atoms with E-state index in [1.165, 1.54) is 36.8 Å². The minimum atomic E-state index is 0.626. The van der Waals surface area contributed by atoms with Crippen LogP contribution in [0, 0.1) is 0 Å². The van der Waals surface area contributed by atoms with E-state index < -0.39 is 0 Å². The molecule has 1 heteroatoms. The van der Waals surface area contributed by atoms with Crippen molar-refractivity contribution in [2.24, 2.45) is 0 Å². The van der Waals surface area contributed by atoms with Gasteiger partial charge < -0.3 is 4.74 Å². The molecule has 0 bridgehead atoms. The Morgan fingerprint density at radius 2 is 1.70 bits per heavy atom. The maximum absolute atomic E-state index is 5.87. The van der Waals surface area contributed by atoms with Crippen LogP contribution in [0.3, 0.4) is 0 Å². The Kier molecular flexibility index (Phi) is 4.17. The van der Waals surface area contributed by atoms with E-state index in [1.54, 1.807) is 5.57 Å². The van der Waals surface area contributed by atoms with Crippen LogP contribution in [0.4, 0.5) is 0 Å². The van der Waals surface area contributed by atoms with Crippen molar-refractivity contribution in [3.63, 3.8) is 0 Å². The highest BCUT2D eigenvalue weighted by molar-refractivity contribution is 5.55. The Morgan fingerprint density at radius 3 is 2.50 bits per heavy atom. The molecule has 20 heavy (non-hydrogen) atoms. The Labute approximate surface area is 120 Å². The molecule has 2 aromatic carbocycles. The molecule has 0 aliphatic heterocycles. The third-order valence-electron chi connectivity index (χ3n) is 3.72. The largest absolute Gasteiger partial charge is 0.489 e.